The van der Waals surface area contributed by atoms with Crippen molar-refractivity contribution in [2.75, 3.05) is 26.7 Å². The first kappa shape index (κ1) is 15.4. The molecule has 1 aliphatic rings. The molecule has 0 aromatic carbocycles. The summed E-state index contributed by atoms with van der Waals surface area (Å²) in [6.07, 6.45) is -0.324. The van der Waals surface area contributed by atoms with Crippen LogP contribution in [0.4, 0.5) is 0 Å². The molecule has 102 valence electrons. The van der Waals surface area contributed by atoms with Crippen molar-refractivity contribution in [3.05, 3.63) is 21.9 Å². The third-order valence-electron chi connectivity index (χ3n) is 2.77. The van der Waals surface area contributed by atoms with E-state index in [1.807, 2.05) is 7.05 Å². The molecule has 1 amide bonds. The van der Waals surface area contributed by atoms with Crippen LogP contribution in [0.2, 0.25) is 0 Å². The maximum absolute atomic E-state index is 12.1. The number of nitrogens with zero attached hydrogens (tertiary/aromatic N) is 1. The van der Waals surface area contributed by atoms with E-state index in [0.29, 0.717) is 19.7 Å². The number of aryl methyl sites for hydroxylation is 1. The lowest BCUT2D eigenvalue weighted by atomic mass is 10.2. The maximum atomic E-state index is 12.1. The molecule has 4 nitrogen and oxygen atoms in total. The van der Waals surface area contributed by atoms with Gasteiger partial charge in [0.1, 0.15) is 6.10 Å². The Morgan fingerprint density at radius 1 is 1.61 bits per heavy atom. The number of hydrogen-bond donors (Lipinski definition) is 1. The number of halogens is 1. The molecule has 0 saturated carbocycles. The highest BCUT2D eigenvalue weighted by Crippen LogP contribution is 2.17. The SMILES string of the molecule is Cc1ccc(CN(C)C(=O)C2CNCCO2)s1.Cl. The molecule has 1 fully saturated rings. The van der Waals surface area contributed by atoms with Crippen LogP contribution in [0.15, 0.2) is 12.1 Å². The zero-order valence-electron chi connectivity index (χ0n) is 10.6. The third-order valence-corrected chi connectivity index (χ3v) is 3.75. The highest BCUT2D eigenvalue weighted by molar-refractivity contribution is 7.11. The summed E-state index contributed by atoms with van der Waals surface area (Å²) in [5.41, 5.74) is 0. The van der Waals surface area contributed by atoms with Crippen LogP contribution in [-0.2, 0) is 16.1 Å². The molecule has 6 heteroatoms. The van der Waals surface area contributed by atoms with Gasteiger partial charge in [0, 0.05) is 29.9 Å². The highest BCUT2D eigenvalue weighted by Gasteiger charge is 2.24. The summed E-state index contributed by atoms with van der Waals surface area (Å²) in [7, 11) is 1.83. The molecular weight excluding hydrogens is 272 g/mol. The Hall–Kier alpha value is -0.620. The van der Waals surface area contributed by atoms with Gasteiger partial charge in [0.25, 0.3) is 5.91 Å². The van der Waals surface area contributed by atoms with E-state index in [-0.39, 0.29) is 24.4 Å². The fourth-order valence-electron chi connectivity index (χ4n) is 1.85. The third kappa shape index (κ3) is 3.95. The molecule has 0 spiro atoms. The summed E-state index contributed by atoms with van der Waals surface area (Å²) in [5.74, 6) is 0.0586. The quantitative estimate of drug-likeness (QED) is 0.916. The van der Waals surface area contributed by atoms with Crippen molar-refractivity contribution in [1.82, 2.24) is 10.2 Å². The summed E-state index contributed by atoms with van der Waals surface area (Å²) in [4.78, 5) is 16.3. The maximum Gasteiger partial charge on any atom is 0.253 e. The van der Waals surface area contributed by atoms with Crippen LogP contribution in [0.3, 0.4) is 0 Å². The summed E-state index contributed by atoms with van der Waals surface area (Å²) < 4.78 is 5.45. The van der Waals surface area contributed by atoms with Crippen molar-refractivity contribution >= 4 is 29.7 Å². The average Bonchev–Trinajstić information content (AvgIpc) is 2.75. The van der Waals surface area contributed by atoms with Gasteiger partial charge in [0.15, 0.2) is 0 Å². The second-order valence-electron chi connectivity index (χ2n) is 4.27. The monoisotopic (exact) mass is 290 g/mol. The molecule has 0 aliphatic carbocycles. The Bertz CT molecular complexity index is 391. The van der Waals surface area contributed by atoms with E-state index in [0.717, 1.165) is 6.54 Å². The average molecular weight is 291 g/mol. The molecule has 1 N–H and O–H groups in total. The zero-order valence-corrected chi connectivity index (χ0v) is 12.3. The van der Waals surface area contributed by atoms with E-state index >= 15 is 0 Å². The number of ether oxygens (including phenoxy) is 1. The number of rotatable bonds is 3. The highest BCUT2D eigenvalue weighted by atomic mass is 35.5. The summed E-state index contributed by atoms with van der Waals surface area (Å²) in [6, 6.07) is 4.15. The van der Waals surface area contributed by atoms with Gasteiger partial charge in [-0.2, -0.15) is 0 Å². The molecule has 1 aromatic heterocycles. The Labute approximate surface area is 118 Å². The largest absolute Gasteiger partial charge is 0.366 e. The smallest absolute Gasteiger partial charge is 0.253 e. The molecule has 0 bridgehead atoms. The van der Waals surface area contributed by atoms with Crippen molar-refractivity contribution in [2.45, 2.75) is 19.6 Å². The van der Waals surface area contributed by atoms with Crippen LogP contribution in [0.25, 0.3) is 0 Å². The van der Waals surface area contributed by atoms with Crippen LogP contribution < -0.4 is 5.32 Å². The van der Waals surface area contributed by atoms with Crippen molar-refractivity contribution in [2.24, 2.45) is 0 Å². The molecule has 0 radical (unpaired) electrons. The van der Waals surface area contributed by atoms with Crippen LogP contribution in [0.5, 0.6) is 0 Å². The number of amides is 1. The van der Waals surface area contributed by atoms with Crippen molar-refractivity contribution < 1.29 is 9.53 Å². The van der Waals surface area contributed by atoms with Crippen molar-refractivity contribution in [1.29, 1.82) is 0 Å². The fourth-order valence-corrected chi connectivity index (χ4v) is 2.80. The minimum Gasteiger partial charge on any atom is -0.366 e. The van der Waals surface area contributed by atoms with Gasteiger partial charge >= 0.3 is 0 Å². The van der Waals surface area contributed by atoms with Gasteiger partial charge in [-0.1, -0.05) is 0 Å². The van der Waals surface area contributed by atoms with E-state index < -0.39 is 0 Å². The predicted molar refractivity (Wildman–Crippen MR) is 75.4 cm³/mol. The lowest BCUT2D eigenvalue weighted by Crippen LogP contribution is -2.48. The van der Waals surface area contributed by atoms with Crippen molar-refractivity contribution in [3.8, 4) is 0 Å². The molecule has 1 unspecified atom stereocenters. The van der Waals surface area contributed by atoms with Crippen LogP contribution >= 0.6 is 23.7 Å². The summed E-state index contributed by atoms with van der Waals surface area (Å²) in [5, 5.41) is 3.17. The van der Waals surface area contributed by atoms with Gasteiger partial charge in [-0.15, -0.1) is 23.7 Å². The van der Waals surface area contributed by atoms with E-state index in [1.165, 1.54) is 9.75 Å². The second kappa shape index (κ2) is 7.09. The first-order valence-corrected chi connectivity index (χ1v) is 6.61. The number of likely N-dealkylation sites (N-methyl/N-ethyl adjacent to an activating group) is 1. The van der Waals surface area contributed by atoms with Crippen LogP contribution in [-0.4, -0.2) is 43.7 Å². The van der Waals surface area contributed by atoms with E-state index in [9.17, 15) is 4.79 Å². The molecule has 2 heterocycles. The number of thiophene rings is 1. The standard InChI is InChI=1S/C12H18N2O2S.ClH/c1-9-3-4-10(17-9)8-14(2)12(15)11-7-13-5-6-16-11;/h3-4,11,13H,5-8H2,1-2H3;1H. The molecule has 18 heavy (non-hydrogen) atoms. The first-order chi connectivity index (χ1) is 8.16. The lowest BCUT2D eigenvalue weighted by molar-refractivity contribution is -0.144. The fraction of sp³-hybridized carbons (Fsp3) is 0.583. The molecule has 1 aliphatic heterocycles. The lowest BCUT2D eigenvalue weighted by Gasteiger charge is -2.27. The van der Waals surface area contributed by atoms with E-state index in [2.05, 4.69) is 24.4 Å². The van der Waals surface area contributed by atoms with Gasteiger partial charge in [0.05, 0.1) is 13.2 Å². The van der Waals surface area contributed by atoms with Gasteiger partial charge in [-0.05, 0) is 19.1 Å². The minimum absolute atomic E-state index is 0. The first-order valence-electron chi connectivity index (χ1n) is 5.79. The number of hydrogen-bond acceptors (Lipinski definition) is 4. The Balaban J connectivity index is 0.00000162. The topological polar surface area (TPSA) is 41.6 Å². The van der Waals surface area contributed by atoms with E-state index in [1.54, 1.807) is 16.2 Å². The van der Waals surface area contributed by atoms with Crippen molar-refractivity contribution in [3.63, 3.8) is 0 Å². The molecule has 2 rings (SSSR count). The summed E-state index contributed by atoms with van der Waals surface area (Å²) in [6.45, 7) is 4.80. The Morgan fingerprint density at radius 3 is 2.94 bits per heavy atom. The molecule has 1 atom stereocenters. The summed E-state index contributed by atoms with van der Waals surface area (Å²) >= 11 is 1.73. The van der Waals surface area contributed by atoms with Crippen LogP contribution in [0.1, 0.15) is 9.75 Å². The number of carbonyl (C=O) groups excluding carboxylic acids is 1. The minimum atomic E-state index is -0.324. The molecular formula is C12H19ClN2O2S. The Kier molecular flexibility index (Phi) is 6.08. The van der Waals surface area contributed by atoms with Gasteiger partial charge in [-0.25, -0.2) is 0 Å². The zero-order chi connectivity index (χ0) is 12.3. The predicted octanol–water partition coefficient (Wildman–Crippen LogP) is 1.43. The molecule has 1 saturated heterocycles. The number of carbonyl (C=O) groups is 1. The normalized spacial score (nSPS) is 19.1. The second-order valence-corrected chi connectivity index (χ2v) is 5.64. The van der Waals surface area contributed by atoms with Crippen LogP contribution in [0, 0.1) is 6.92 Å². The molecule has 1 aromatic rings. The van der Waals surface area contributed by atoms with Gasteiger partial charge in [-0.3, -0.25) is 4.79 Å². The Morgan fingerprint density at radius 2 is 2.39 bits per heavy atom. The number of nitrogens with one attached hydrogen (secondary N) is 1. The van der Waals surface area contributed by atoms with E-state index in [4.69, 9.17) is 4.74 Å². The number of morpholine rings is 1. The van der Waals surface area contributed by atoms with Gasteiger partial charge < -0.3 is 15.0 Å². The van der Waals surface area contributed by atoms with Gasteiger partial charge in [0.2, 0.25) is 0 Å².